The van der Waals surface area contributed by atoms with Crippen molar-refractivity contribution in [3.05, 3.63) is 30.6 Å². The first-order chi connectivity index (χ1) is 9.83. The second-order valence-corrected chi connectivity index (χ2v) is 5.14. The molecule has 0 radical (unpaired) electrons. The molecule has 104 valence electrons. The second-order valence-electron chi connectivity index (χ2n) is 5.14. The van der Waals surface area contributed by atoms with E-state index >= 15 is 0 Å². The van der Waals surface area contributed by atoms with Crippen LogP contribution in [0.5, 0.6) is 0 Å². The van der Waals surface area contributed by atoms with Crippen LogP contribution in [0.15, 0.2) is 30.6 Å². The molecule has 0 saturated heterocycles. The summed E-state index contributed by atoms with van der Waals surface area (Å²) in [7, 11) is 0. The molecule has 1 fully saturated rings. The van der Waals surface area contributed by atoms with E-state index in [1.807, 2.05) is 24.3 Å². The maximum absolute atomic E-state index is 11.9. The standard InChI is InChI=1S/C15H18N4O/c20-14(19-11-5-1-2-6-11)9-16-15-12-7-3-4-8-13(12)17-10-18-15/h3-4,7-8,10-11H,1-2,5-6,9H2,(H,19,20)(H,16,17,18). The molecule has 2 N–H and O–H groups in total. The Bertz CT molecular complexity index is 602. The lowest BCUT2D eigenvalue weighted by Gasteiger charge is -2.13. The Labute approximate surface area is 117 Å². The average Bonchev–Trinajstić information content (AvgIpc) is 2.98. The van der Waals surface area contributed by atoms with E-state index in [4.69, 9.17) is 0 Å². The monoisotopic (exact) mass is 270 g/mol. The SMILES string of the molecule is O=C(CNc1ncnc2ccccc12)NC1CCCC1. The van der Waals surface area contributed by atoms with E-state index in [9.17, 15) is 4.79 Å². The van der Waals surface area contributed by atoms with Crippen LogP contribution in [0.3, 0.4) is 0 Å². The summed E-state index contributed by atoms with van der Waals surface area (Å²) in [4.78, 5) is 20.3. The zero-order valence-corrected chi connectivity index (χ0v) is 11.3. The Morgan fingerprint density at radius 2 is 2.00 bits per heavy atom. The number of carbonyl (C=O) groups excluding carboxylic acids is 1. The Balaban J connectivity index is 1.63. The summed E-state index contributed by atoms with van der Waals surface area (Å²) in [6.45, 7) is 0.248. The van der Waals surface area contributed by atoms with Gasteiger partial charge in [0.25, 0.3) is 0 Å². The van der Waals surface area contributed by atoms with Gasteiger partial charge in [-0.25, -0.2) is 9.97 Å². The minimum atomic E-state index is 0.0274. The molecule has 1 aliphatic carbocycles. The van der Waals surface area contributed by atoms with Gasteiger partial charge in [-0.15, -0.1) is 0 Å². The number of fused-ring (bicyclic) bond motifs is 1. The third-order valence-corrected chi connectivity index (χ3v) is 3.68. The molecule has 1 aromatic carbocycles. The fourth-order valence-electron chi connectivity index (χ4n) is 2.66. The second kappa shape index (κ2) is 5.86. The van der Waals surface area contributed by atoms with Crippen LogP contribution in [0, 0.1) is 0 Å². The van der Waals surface area contributed by atoms with Crippen LogP contribution >= 0.6 is 0 Å². The van der Waals surface area contributed by atoms with Crippen LogP contribution in [-0.4, -0.2) is 28.5 Å². The van der Waals surface area contributed by atoms with Crippen LogP contribution < -0.4 is 10.6 Å². The summed E-state index contributed by atoms with van der Waals surface area (Å²) in [6.07, 6.45) is 6.15. The number of para-hydroxylation sites is 1. The molecule has 1 heterocycles. The van der Waals surface area contributed by atoms with Gasteiger partial charge in [-0.3, -0.25) is 4.79 Å². The Morgan fingerprint density at radius 3 is 2.85 bits per heavy atom. The highest BCUT2D eigenvalue weighted by Gasteiger charge is 2.16. The van der Waals surface area contributed by atoms with Crippen LogP contribution in [-0.2, 0) is 4.79 Å². The number of carbonyl (C=O) groups is 1. The van der Waals surface area contributed by atoms with Crippen molar-refractivity contribution in [1.29, 1.82) is 0 Å². The predicted octanol–water partition coefficient (Wildman–Crippen LogP) is 2.10. The molecule has 5 heteroatoms. The third-order valence-electron chi connectivity index (χ3n) is 3.68. The number of nitrogens with one attached hydrogen (secondary N) is 2. The summed E-state index contributed by atoms with van der Waals surface area (Å²) in [5.74, 6) is 0.733. The minimum Gasteiger partial charge on any atom is -0.360 e. The molecule has 0 bridgehead atoms. The summed E-state index contributed by atoms with van der Waals surface area (Å²) in [6, 6.07) is 8.11. The van der Waals surface area contributed by atoms with Crippen molar-refractivity contribution in [3.63, 3.8) is 0 Å². The lowest BCUT2D eigenvalue weighted by Crippen LogP contribution is -2.36. The topological polar surface area (TPSA) is 66.9 Å². The molecule has 1 aromatic heterocycles. The molecular formula is C15H18N4O. The molecule has 0 aliphatic heterocycles. The predicted molar refractivity (Wildman–Crippen MR) is 78.4 cm³/mol. The minimum absolute atomic E-state index is 0.0274. The van der Waals surface area contributed by atoms with Crippen molar-refractivity contribution in [1.82, 2.24) is 15.3 Å². The number of rotatable bonds is 4. The van der Waals surface area contributed by atoms with Crippen molar-refractivity contribution in [3.8, 4) is 0 Å². The summed E-state index contributed by atoms with van der Waals surface area (Å²) in [5, 5.41) is 7.08. The molecule has 0 spiro atoms. The highest BCUT2D eigenvalue weighted by Crippen LogP contribution is 2.19. The van der Waals surface area contributed by atoms with Gasteiger partial charge in [0.15, 0.2) is 0 Å². The average molecular weight is 270 g/mol. The zero-order valence-electron chi connectivity index (χ0n) is 11.3. The normalized spacial score (nSPS) is 15.4. The van der Waals surface area contributed by atoms with E-state index < -0.39 is 0 Å². The van der Waals surface area contributed by atoms with E-state index in [-0.39, 0.29) is 12.5 Å². The molecule has 1 aliphatic rings. The van der Waals surface area contributed by atoms with Crippen LogP contribution in [0.2, 0.25) is 0 Å². The fraction of sp³-hybridized carbons (Fsp3) is 0.400. The lowest BCUT2D eigenvalue weighted by molar-refractivity contribution is -0.120. The first-order valence-corrected chi connectivity index (χ1v) is 7.06. The van der Waals surface area contributed by atoms with Gasteiger partial charge in [-0.2, -0.15) is 0 Å². The van der Waals surface area contributed by atoms with Gasteiger partial charge in [0.05, 0.1) is 12.1 Å². The number of hydrogen-bond acceptors (Lipinski definition) is 4. The molecule has 20 heavy (non-hydrogen) atoms. The maximum atomic E-state index is 11.9. The molecule has 0 unspecified atom stereocenters. The van der Waals surface area contributed by atoms with E-state index in [2.05, 4.69) is 20.6 Å². The largest absolute Gasteiger partial charge is 0.360 e. The lowest BCUT2D eigenvalue weighted by atomic mass is 10.2. The Hall–Kier alpha value is -2.17. The van der Waals surface area contributed by atoms with E-state index in [1.165, 1.54) is 19.2 Å². The summed E-state index contributed by atoms with van der Waals surface area (Å²) >= 11 is 0. The van der Waals surface area contributed by atoms with Gasteiger partial charge in [0.1, 0.15) is 12.1 Å². The zero-order chi connectivity index (χ0) is 13.8. The van der Waals surface area contributed by atoms with Gasteiger partial charge in [-0.05, 0) is 25.0 Å². The molecule has 0 atom stereocenters. The number of aromatic nitrogens is 2. The van der Waals surface area contributed by atoms with Gasteiger partial charge < -0.3 is 10.6 Å². The number of anilines is 1. The Morgan fingerprint density at radius 1 is 1.20 bits per heavy atom. The van der Waals surface area contributed by atoms with Gasteiger partial charge in [0, 0.05) is 11.4 Å². The molecular weight excluding hydrogens is 252 g/mol. The van der Waals surface area contributed by atoms with Crippen molar-refractivity contribution in [2.75, 3.05) is 11.9 Å². The van der Waals surface area contributed by atoms with E-state index in [0.717, 1.165) is 23.7 Å². The number of amides is 1. The highest BCUT2D eigenvalue weighted by molar-refractivity contribution is 5.90. The molecule has 3 rings (SSSR count). The van der Waals surface area contributed by atoms with Crippen LogP contribution in [0.25, 0.3) is 10.9 Å². The smallest absolute Gasteiger partial charge is 0.239 e. The van der Waals surface area contributed by atoms with Crippen molar-refractivity contribution >= 4 is 22.6 Å². The molecule has 2 aromatic rings. The van der Waals surface area contributed by atoms with Gasteiger partial charge in [-0.1, -0.05) is 25.0 Å². The number of benzene rings is 1. The fourth-order valence-corrected chi connectivity index (χ4v) is 2.66. The third kappa shape index (κ3) is 2.87. The molecule has 1 saturated carbocycles. The van der Waals surface area contributed by atoms with Gasteiger partial charge >= 0.3 is 0 Å². The van der Waals surface area contributed by atoms with Crippen molar-refractivity contribution < 1.29 is 4.79 Å². The number of nitrogens with zero attached hydrogens (tertiary/aromatic N) is 2. The van der Waals surface area contributed by atoms with Crippen LogP contribution in [0.4, 0.5) is 5.82 Å². The van der Waals surface area contributed by atoms with Crippen molar-refractivity contribution in [2.45, 2.75) is 31.7 Å². The Kier molecular flexibility index (Phi) is 3.76. The van der Waals surface area contributed by atoms with Gasteiger partial charge in [0.2, 0.25) is 5.91 Å². The first-order valence-electron chi connectivity index (χ1n) is 7.06. The number of hydrogen-bond donors (Lipinski definition) is 2. The van der Waals surface area contributed by atoms with E-state index in [1.54, 1.807) is 0 Å². The van der Waals surface area contributed by atoms with E-state index in [0.29, 0.717) is 11.9 Å². The highest BCUT2D eigenvalue weighted by atomic mass is 16.2. The van der Waals surface area contributed by atoms with Crippen LogP contribution in [0.1, 0.15) is 25.7 Å². The summed E-state index contributed by atoms with van der Waals surface area (Å²) < 4.78 is 0. The molecule has 1 amide bonds. The summed E-state index contributed by atoms with van der Waals surface area (Å²) in [5.41, 5.74) is 0.876. The first kappa shape index (κ1) is 12.8. The van der Waals surface area contributed by atoms with Crippen molar-refractivity contribution in [2.24, 2.45) is 0 Å². The maximum Gasteiger partial charge on any atom is 0.239 e. The molecule has 5 nitrogen and oxygen atoms in total. The quantitative estimate of drug-likeness (QED) is 0.893.